The lowest BCUT2D eigenvalue weighted by Gasteiger charge is -1.99. The van der Waals surface area contributed by atoms with Crippen LogP contribution in [0.5, 0.6) is 0 Å². The van der Waals surface area contributed by atoms with Crippen molar-refractivity contribution in [1.82, 2.24) is 14.6 Å². The van der Waals surface area contributed by atoms with Crippen molar-refractivity contribution in [2.75, 3.05) is 0 Å². The van der Waals surface area contributed by atoms with Crippen LogP contribution in [0.25, 0.3) is 16.9 Å². The zero-order chi connectivity index (χ0) is 13.4. The summed E-state index contributed by atoms with van der Waals surface area (Å²) in [6, 6.07) is 10.6. The van der Waals surface area contributed by atoms with Gasteiger partial charge < -0.3 is 5.73 Å². The maximum absolute atomic E-state index is 11.9. The smallest absolute Gasteiger partial charge is 0.272 e. The molecular weight excluding hydrogens is 264 g/mol. The maximum Gasteiger partial charge on any atom is 0.272 e. The number of hydrogen-bond acceptors (Lipinski definition) is 3. The second-order valence-electron chi connectivity index (χ2n) is 4.13. The number of rotatable bonds is 2. The summed E-state index contributed by atoms with van der Waals surface area (Å²) in [6.45, 7) is 0.234. The van der Waals surface area contributed by atoms with E-state index in [1.165, 1.54) is 10.6 Å². The summed E-state index contributed by atoms with van der Waals surface area (Å²) in [4.78, 5) is 16.2. The number of hydrogen-bond donors (Lipinski definition) is 2. The lowest BCUT2D eigenvalue weighted by Crippen LogP contribution is -2.16. The van der Waals surface area contributed by atoms with Crippen molar-refractivity contribution in [3.05, 3.63) is 57.5 Å². The van der Waals surface area contributed by atoms with E-state index in [0.717, 1.165) is 11.3 Å². The van der Waals surface area contributed by atoms with Crippen LogP contribution >= 0.6 is 11.6 Å². The molecule has 0 unspecified atom stereocenters. The lowest BCUT2D eigenvalue weighted by molar-refractivity contribution is 0.872. The second-order valence-corrected chi connectivity index (χ2v) is 4.54. The number of benzene rings is 1. The summed E-state index contributed by atoms with van der Waals surface area (Å²) in [5.41, 5.74) is 7.98. The fraction of sp³-hybridized carbons (Fsp3) is 0.0769. The van der Waals surface area contributed by atoms with Crippen molar-refractivity contribution in [3.63, 3.8) is 0 Å². The van der Waals surface area contributed by atoms with Gasteiger partial charge in [0.15, 0.2) is 5.65 Å². The summed E-state index contributed by atoms with van der Waals surface area (Å²) < 4.78 is 1.37. The van der Waals surface area contributed by atoms with E-state index >= 15 is 0 Å². The molecule has 0 bridgehead atoms. The van der Waals surface area contributed by atoms with Crippen molar-refractivity contribution in [3.8, 4) is 11.3 Å². The Bertz CT molecular complexity index is 806. The number of nitrogens with zero attached hydrogens (tertiary/aromatic N) is 2. The molecule has 0 aliphatic heterocycles. The molecule has 3 aromatic rings. The molecule has 2 aromatic heterocycles. The highest BCUT2D eigenvalue weighted by atomic mass is 35.5. The normalized spacial score (nSPS) is 11.1. The van der Waals surface area contributed by atoms with Gasteiger partial charge >= 0.3 is 0 Å². The van der Waals surface area contributed by atoms with Crippen LogP contribution in [-0.4, -0.2) is 14.6 Å². The Hall–Kier alpha value is -2.11. The SMILES string of the molecule is NCc1cc(=O)n2[nH]c(-c3ccccc3Cl)cc2n1. The molecule has 0 amide bonds. The molecule has 0 fully saturated rings. The van der Waals surface area contributed by atoms with E-state index in [1.54, 1.807) is 12.1 Å². The number of aromatic nitrogens is 3. The number of nitrogens with two attached hydrogens (primary N) is 1. The minimum atomic E-state index is -0.191. The Morgan fingerprint density at radius 2 is 2.11 bits per heavy atom. The van der Waals surface area contributed by atoms with Gasteiger partial charge in [-0.25, -0.2) is 9.50 Å². The predicted octanol–water partition coefficient (Wildman–Crippen LogP) is 1.80. The van der Waals surface area contributed by atoms with E-state index in [-0.39, 0.29) is 12.1 Å². The number of aromatic amines is 1. The third-order valence-corrected chi connectivity index (χ3v) is 3.21. The first-order chi connectivity index (χ1) is 9.19. The summed E-state index contributed by atoms with van der Waals surface area (Å²) >= 11 is 6.14. The molecule has 0 saturated carbocycles. The largest absolute Gasteiger partial charge is 0.325 e. The first kappa shape index (κ1) is 12.0. The molecule has 6 heteroatoms. The standard InChI is InChI=1S/C13H11ClN4O/c14-10-4-2-1-3-9(10)11-6-12-16-8(7-15)5-13(19)18(12)17-11/h1-6,17H,7,15H2. The molecule has 3 rings (SSSR count). The van der Waals surface area contributed by atoms with E-state index in [4.69, 9.17) is 17.3 Å². The Balaban J connectivity index is 2.25. The molecule has 0 radical (unpaired) electrons. The van der Waals surface area contributed by atoms with Crippen LogP contribution in [0.1, 0.15) is 5.69 Å². The molecule has 96 valence electrons. The number of nitrogens with one attached hydrogen (secondary N) is 1. The van der Waals surface area contributed by atoms with E-state index < -0.39 is 0 Å². The molecule has 0 atom stereocenters. The highest BCUT2D eigenvalue weighted by molar-refractivity contribution is 6.33. The average molecular weight is 275 g/mol. The zero-order valence-electron chi connectivity index (χ0n) is 9.93. The molecule has 0 spiro atoms. The highest BCUT2D eigenvalue weighted by Crippen LogP contribution is 2.26. The monoisotopic (exact) mass is 274 g/mol. The van der Waals surface area contributed by atoms with Crippen molar-refractivity contribution < 1.29 is 0 Å². The second kappa shape index (κ2) is 4.53. The first-order valence-electron chi connectivity index (χ1n) is 5.75. The van der Waals surface area contributed by atoms with Crippen molar-refractivity contribution in [1.29, 1.82) is 0 Å². The fourth-order valence-electron chi connectivity index (χ4n) is 1.96. The summed E-state index contributed by atoms with van der Waals surface area (Å²) in [5, 5.41) is 3.60. The van der Waals surface area contributed by atoms with Gasteiger partial charge in [-0.2, -0.15) is 0 Å². The number of fused-ring (bicyclic) bond motifs is 1. The van der Waals surface area contributed by atoms with Crippen LogP contribution in [0, 0.1) is 0 Å². The van der Waals surface area contributed by atoms with Crippen LogP contribution in [0.4, 0.5) is 0 Å². The molecule has 2 heterocycles. The van der Waals surface area contributed by atoms with Crippen LogP contribution in [-0.2, 0) is 6.54 Å². The molecular formula is C13H11ClN4O. The Labute approximate surface area is 113 Å². The van der Waals surface area contributed by atoms with E-state index in [2.05, 4.69) is 10.1 Å². The third-order valence-electron chi connectivity index (χ3n) is 2.88. The van der Waals surface area contributed by atoms with Gasteiger partial charge in [0.2, 0.25) is 0 Å². The van der Waals surface area contributed by atoms with Crippen molar-refractivity contribution in [2.24, 2.45) is 5.73 Å². The summed E-state index contributed by atoms with van der Waals surface area (Å²) in [5.74, 6) is 0. The Kier molecular flexibility index (Phi) is 2.85. The topological polar surface area (TPSA) is 76.2 Å². The van der Waals surface area contributed by atoms with Crippen LogP contribution < -0.4 is 11.3 Å². The van der Waals surface area contributed by atoms with Crippen molar-refractivity contribution in [2.45, 2.75) is 6.54 Å². The molecule has 1 aromatic carbocycles. The van der Waals surface area contributed by atoms with Crippen molar-refractivity contribution >= 4 is 17.2 Å². The van der Waals surface area contributed by atoms with Gasteiger partial charge in [0.05, 0.1) is 11.4 Å². The molecule has 0 aliphatic rings. The molecule has 3 N–H and O–H groups in total. The van der Waals surface area contributed by atoms with Crippen LogP contribution in [0.15, 0.2) is 41.2 Å². The van der Waals surface area contributed by atoms with Gasteiger partial charge in [0.1, 0.15) is 0 Å². The van der Waals surface area contributed by atoms with Gasteiger partial charge in [-0.05, 0) is 6.07 Å². The van der Waals surface area contributed by atoms with Gasteiger partial charge in [0, 0.05) is 29.3 Å². The molecule has 5 nitrogen and oxygen atoms in total. The maximum atomic E-state index is 11.9. The fourth-order valence-corrected chi connectivity index (χ4v) is 2.20. The van der Waals surface area contributed by atoms with E-state index in [1.807, 2.05) is 18.2 Å². The number of H-pyrrole nitrogens is 1. The zero-order valence-corrected chi connectivity index (χ0v) is 10.7. The van der Waals surface area contributed by atoms with Gasteiger partial charge in [-0.3, -0.25) is 9.89 Å². The summed E-state index contributed by atoms with van der Waals surface area (Å²) in [6.07, 6.45) is 0. The first-order valence-corrected chi connectivity index (χ1v) is 6.13. The van der Waals surface area contributed by atoms with E-state index in [0.29, 0.717) is 16.4 Å². The quantitative estimate of drug-likeness (QED) is 0.748. The minimum Gasteiger partial charge on any atom is -0.325 e. The van der Waals surface area contributed by atoms with E-state index in [9.17, 15) is 4.79 Å². The van der Waals surface area contributed by atoms with Gasteiger partial charge in [0.25, 0.3) is 5.56 Å². The lowest BCUT2D eigenvalue weighted by atomic mass is 10.1. The van der Waals surface area contributed by atoms with Gasteiger partial charge in [-0.1, -0.05) is 29.8 Å². The third kappa shape index (κ3) is 2.03. The molecule has 19 heavy (non-hydrogen) atoms. The average Bonchev–Trinajstić information content (AvgIpc) is 2.83. The molecule has 0 saturated heterocycles. The Morgan fingerprint density at radius 1 is 1.32 bits per heavy atom. The van der Waals surface area contributed by atoms with Crippen LogP contribution in [0.3, 0.4) is 0 Å². The highest BCUT2D eigenvalue weighted by Gasteiger charge is 2.09. The molecule has 0 aliphatic carbocycles. The number of halogens is 1. The summed E-state index contributed by atoms with van der Waals surface area (Å²) in [7, 11) is 0. The Morgan fingerprint density at radius 3 is 2.84 bits per heavy atom. The minimum absolute atomic E-state index is 0.191. The van der Waals surface area contributed by atoms with Crippen LogP contribution in [0.2, 0.25) is 5.02 Å². The van der Waals surface area contributed by atoms with Gasteiger partial charge in [-0.15, -0.1) is 0 Å². The predicted molar refractivity (Wildman–Crippen MR) is 74.2 cm³/mol.